The molecule has 1 aromatic rings. The summed E-state index contributed by atoms with van der Waals surface area (Å²) in [6, 6.07) is 4.84. The fourth-order valence-electron chi connectivity index (χ4n) is 1.46. The van der Waals surface area contributed by atoms with E-state index in [1.807, 2.05) is 0 Å². The lowest BCUT2D eigenvalue weighted by molar-refractivity contribution is 0.100. The van der Waals surface area contributed by atoms with Crippen molar-refractivity contribution >= 4 is 23.3 Å². The molecule has 0 heterocycles. The Morgan fingerprint density at radius 2 is 1.95 bits per heavy atom. The quantitative estimate of drug-likeness (QED) is 0.445. The monoisotopic (exact) mass is 265 g/mol. The van der Waals surface area contributed by atoms with Crippen molar-refractivity contribution in [2.75, 3.05) is 38.2 Å². The third kappa shape index (κ3) is 4.06. The summed E-state index contributed by atoms with van der Waals surface area (Å²) in [5.74, 6) is -0.568. The van der Waals surface area contributed by atoms with E-state index >= 15 is 0 Å². The molecular formula is C12H19N5O2. The largest absolute Gasteiger partial charge is 0.396 e. The van der Waals surface area contributed by atoms with Crippen LogP contribution in [0.4, 0.5) is 16.2 Å². The summed E-state index contributed by atoms with van der Waals surface area (Å²) in [6.45, 7) is 0.934. The molecule has 0 radical (unpaired) electrons. The standard InChI is InChI=1S/C12H19N5O2/c1-17(2)12(19)16-7-6-15-9-5-3-4-8(10(9)13)11(14)18/h3-5,15H,6-7,13H2,1-2H3,(H2,14,18)(H,16,19). The maximum atomic E-state index is 11.3. The van der Waals surface area contributed by atoms with Crippen LogP contribution in [-0.2, 0) is 0 Å². The van der Waals surface area contributed by atoms with Crippen LogP contribution in [0.2, 0.25) is 0 Å². The number of nitrogens with one attached hydrogen (secondary N) is 2. The van der Waals surface area contributed by atoms with E-state index in [1.165, 1.54) is 4.90 Å². The number of nitrogen functional groups attached to an aromatic ring is 1. The Morgan fingerprint density at radius 3 is 2.53 bits per heavy atom. The van der Waals surface area contributed by atoms with Gasteiger partial charge < -0.3 is 27.0 Å². The van der Waals surface area contributed by atoms with Crippen LogP contribution in [0.15, 0.2) is 18.2 Å². The van der Waals surface area contributed by atoms with E-state index in [1.54, 1.807) is 32.3 Å². The summed E-state index contributed by atoms with van der Waals surface area (Å²) in [7, 11) is 3.33. The van der Waals surface area contributed by atoms with Gasteiger partial charge in [0.1, 0.15) is 0 Å². The van der Waals surface area contributed by atoms with E-state index in [0.717, 1.165) is 0 Å². The lowest BCUT2D eigenvalue weighted by Crippen LogP contribution is -2.37. The fraction of sp³-hybridized carbons (Fsp3) is 0.333. The maximum absolute atomic E-state index is 11.3. The van der Waals surface area contributed by atoms with Crippen molar-refractivity contribution in [1.29, 1.82) is 0 Å². The number of carbonyl (C=O) groups excluding carboxylic acids is 2. The highest BCUT2D eigenvalue weighted by Crippen LogP contribution is 2.21. The van der Waals surface area contributed by atoms with Crippen molar-refractivity contribution in [1.82, 2.24) is 10.2 Å². The Bertz CT molecular complexity index is 473. The Labute approximate surface area is 111 Å². The molecule has 0 saturated heterocycles. The molecule has 1 rings (SSSR count). The van der Waals surface area contributed by atoms with Crippen LogP contribution in [-0.4, -0.2) is 44.0 Å². The highest BCUT2D eigenvalue weighted by Gasteiger charge is 2.09. The Balaban J connectivity index is 2.53. The molecule has 19 heavy (non-hydrogen) atoms. The molecule has 0 aliphatic heterocycles. The van der Waals surface area contributed by atoms with Gasteiger partial charge in [-0.2, -0.15) is 0 Å². The molecule has 0 unspecified atom stereocenters. The number of hydrogen-bond acceptors (Lipinski definition) is 4. The number of amides is 3. The third-order valence-corrected chi connectivity index (χ3v) is 2.49. The van der Waals surface area contributed by atoms with Crippen molar-refractivity contribution in [3.63, 3.8) is 0 Å². The molecule has 0 saturated carbocycles. The number of hydrogen-bond donors (Lipinski definition) is 4. The summed E-state index contributed by atoms with van der Waals surface area (Å²) >= 11 is 0. The van der Waals surface area contributed by atoms with Crippen molar-refractivity contribution in [2.24, 2.45) is 5.73 Å². The van der Waals surface area contributed by atoms with Gasteiger partial charge in [-0.25, -0.2) is 4.79 Å². The SMILES string of the molecule is CN(C)C(=O)NCCNc1cccc(C(N)=O)c1N. The Kier molecular flexibility index (Phi) is 4.99. The Hall–Kier alpha value is -2.44. The molecule has 7 nitrogen and oxygen atoms in total. The fourth-order valence-corrected chi connectivity index (χ4v) is 1.46. The summed E-state index contributed by atoms with van der Waals surface area (Å²) < 4.78 is 0. The number of anilines is 2. The molecule has 1 aromatic carbocycles. The highest BCUT2D eigenvalue weighted by molar-refractivity contribution is 6.00. The molecule has 0 aliphatic carbocycles. The highest BCUT2D eigenvalue weighted by atomic mass is 16.2. The number of nitrogens with two attached hydrogens (primary N) is 2. The van der Waals surface area contributed by atoms with Gasteiger partial charge in [-0.15, -0.1) is 0 Å². The van der Waals surface area contributed by atoms with Gasteiger partial charge in [0.25, 0.3) is 5.91 Å². The lowest BCUT2D eigenvalue weighted by Gasteiger charge is -2.14. The minimum absolute atomic E-state index is 0.166. The van der Waals surface area contributed by atoms with Gasteiger partial charge in [0.05, 0.1) is 16.9 Å². The minimum Gasteiger partial charge on any atom is -0.396 e. The first-order valence-corrected chi connectivity index (χ1v) is 5.80. The zero-order valence-corrected chi connectivity index (χ0v) is 11.1. The average Bonchev–Trinajstić information content (AvgIpc) is 2.35. The third-order valence-electron chi connectivity index (χ3n) is 2.49. The van der Waals surface area contributed by atoms with E-state index in [4.69, 9.17) is 11.5 Å². The number of primary amides is 1. The van der Waals surface area contributed by atoms with Crippen LogP contribution < -0.4 is 22.1 Å². The number of carbonyl (C=O) groups is 2. The molecule has 104 valence electrons. The molecule has 0 atom stereocenters. The van der Waals surface area contributed by atoms with Crippen LogP contribution >= 0.6 is 0 Å². The van der Waals surface area contributed by atoms with Crippen molar-refractivity contribution in [3.05, 3.63) is 23.8 Å². The number of urea groups is 1. The van der Waals surface area contributed by atoms with Crippen molar-refractivity contribution in [3.8, 4) is 0 Å². The number of benzene rings is 1. The lowest BCUT2D eigenvalue weighted by atomic mass is 10.1. The second-order valence-electron chi connectivity index (χ2n) is 4.18. The summed E-state index contributed by atoms with van der Waals surface area (Å²) in [6.07, 6.45) is 0. The number of nitrogens with zero attached hydrogens (tertiary/aromatic N) is 1. The second-order valence-corrected chi connectivity index (χ2v) is 4.18. The maximum Gasteiger partial charge on any atom is 0.316 e. The van der Waals surface area contributed by atoms with Gasteiger partial charge in [-0.3, -0.25) is 4.79 Å². The zero-order valence-electron chi connectivity index (χ0n) is 11.1. The van der Waals surface area contributed by atoms with Crippen LogP contribution in [0.3, 0.4) is 0 Å². The van der Waals surface area contributed by atoms with Gasteiger partial charge >= 0.3 is 6.03 Å². The van der Waals surface area contributed by atoms with Gasteiger partial charge in [0.2, 0.25) is 0 Å². The van der Waals surface area contributed by atoms with Gasteiger partial charge in [0.15, 0.2) is 0 Å². The predicted octanol–water partition coefficient (Wildman–Crippen LogP) is 0.0508. The normalized spacial score (nSPS) is 9.79. The molecular weight excluding hydrogens is 246 g/mol. The van der Waals surface area contributed by atoms with Crippen LogP contribution in [0.5, 0.6) is 0 Å². The molecule has 0 aliphatic rings. The minimum atomic E-state index is -0.568. The van der Waals surface area contributed by atoms with Crippen LogP contribution in [0, 0.1) is 0 Å². The van der Waals surface area contributed by atoms with E-state index in [0.29, 0.717) is 24.5 Å². The summed E-state index contributed by atoms with van der Waals surface area (Å²) in [5.41, 5.74) is 12.2. The first kappa shape index (κ1) is 14.6. The van der Waals surface area contributed by atoms with E-state index < -0.39 is 5.91 Å². The van der Waals surface area contributed by atoms with Crippen molar-refractivity contribution in [2.45, 2.75) is 0 Å². The second kappa shape index (κ2) is 6.48. The first-order valence-electron chi connectivity index (χ1n) is 5.80. The smallest absolute Gasteiger partial charge is 0.316 e. The molecule has 0 bridgehead atoms. The van der Waals surface area contributed by atoms with E-state index in [2.05, 4.69) is 10.6 Å². The van der Waals surface area contributed by atoms with Crippen molar-refractivity contribution < 1.29 is 9.59 Å². The molecule has 7 heteroatoms. The average molecular weight is 265 g/mol. The summed E-state index contributed by atoms with van der Waals surface area (Å²) in [4.78, 5) is 23.8. The summed E-state index contributed by atoms with van der Waals surface area (Å²) in [5, 5.41) is 5.74. The molecule has 0 fully saturated rings. The molecule has 0 spiro atoms. The number of para-hydroxylation sites is 1. The molecule has 6 N–H and O–H groups in total. The predicted molar refractivity (Wildman–Crippen MR) is 74.9 cm³/mol. The first-order chi connectivity index (χ1) is 8.93. The van der Waals surface area contributed by atoms with Gasteiger partial charge in [-0.1, -0.05) is 6.07 Å². The van der Waals surface area contributed by atoms with Gasteiger partial charge in [-0.05, 0) is 12.1 Å². The Morgan fingerprint density at radius 1 is 1.26 bits per heavy atom. The van der Waals surface area contributed by atoms with Crippen LogP contribution in [0.1, 0.15) is 10.4 Å². The van der Waals surface area contributed by atoms with Crippen LogP contribution in [0.25, 0.3) is 0 Å². The molecule has 3 amide bonds. The zero-order chi connectivity index (χ0) is 14.4. The van der Waals surface area contributed by atoms with Gasteiger partial charge in [0, 0.05) is 27.2 Å². The van der Waals surface area contributed by atoms with E-state index in [-0.39, 0.29) is 11.6 Å². The number of rotatable bonds is 5. The van der Waals surface area contributed by atoms with E-state index in [9.17, 15) is 9.59 Å². The molecule has 0 aromatic heterocycles. The topological polar surface area (TPSA) is 113 Å².